The number of nitrogens with zero attached hydrogens (tertiary/aromatic N) is 2. The summed E-state index contributed by atoms with van der Waals surface area (Å²) < 4.78 is 0. The van der Waals surface area contributed by atoms with Crippen molar-refractivity contribution in [3.8, 4) is 0 Å². The predicted octanol–water partition coefficient (Wildman–Crippen LogP) is 2.55. The van der Waals surface area contributed by atoms with Crippen LogP contribution in [0.3, 0.4) is 0 Å². The molecule has 0 aliphatic heterocycles. The molecule has 0 aromatic carbocycles. The van der Waals surface area contributed by atoms with E-state index in [2.05, 4.69) is 23.7 Å². The highest BCUT2D eigenvalue weighted by Gasteiger charge is 2.08. The van der Waals surface area contributed by atoms with Crippen LogP contribution >= 0.6 is 11.6 Å². The van der Waals surface area contributed by atoms with Gasteiger partial charge in [-0.1, -0.05) is 18.5 Å². The Hall–Kier alpha value is -0.960. The van der Waals surface area contributed by atoms with Crippen LogP contribution in [0.1, 0.15) is 20.3 Å². The molecule has 0 radical (unpaired) electrons. The van der Waals surface area contributed by atoms with Crippen molar-refractivity contribution in [3.05, 3.63) is 17.3 Å². The van der Waals surface area contributed by atoms with E-state index in [-0.39, 0.29) is 0 Å². The Labute approximate surface area is 89.9 Å². The molecule has 2 N–H and O–H groups in total. The molecular formula is C10H16ClN3. The summed E-state index contributed by atoms with van der Waals surface area (Å²) in [5, 5.41) is 0.582. The van der Waals surface area contributed by atoms with Gasteiger partial charge in [0.2, 0.25) is 0 Å². The van der Waals surface area contributed by atoms with Crippen molar-refractivity contribution < 1.29 is 0 Å². The highest BCUT2D eigenvalue weighted by atomic mass is 35.5. The molecule has 0 bridgehead atoms. The first-order valence-corrected chi connectivity index (χ1v) is 5.22. The van der Waals surface area contributed by atoms with Crippen LogP contribution in [-0.4, -0.2) is 18.1 Å². The molecule has 0 aliphatic rings. The summed E-state index contributed by atoms with van der Waals surface area (Å²) in [5.74, 6) is 0.832. The molecule has 4 heteroatoms. The molecule has 0 saturated heterocycles. The maximum atomic E-state index is 5.84. The van der Waals surface area contributed by atoms with Gasteiger partial charge in [0.25, 0.3) is 0 Å². The fourth-order valence-electron chi connectivity index (χ4n) is 1.40. The Bertz CT molecular complexity index is 301. The zero-order chi connectivity index (χ0) is 10.6. The van der Waals surface area contributed by atoms with Crippen LogP contribution in [0.25, 0.3) is 0 Å². The molecule has 0 spiro atoms. The third kappa shape index (κ3) is 2.51. The van der Waals surface area contributed by atoms with Gasteiger partial charge in [-0.15, -0.1) is 0 Å². The van der Waals surface area contributed by atoms with Gasteiger partial charge in [0.1, 0.15) is 0 Å². The summed E-state index contributed by atoms with van der Waals surface area (Å²) in [6.45, 7) is 6.10. The van der Waals surface area contributed by atoms with Gasteiger partial charge in [-0.25, -0.2) is 4.98 Å². The van der Waals surface area contributed by atoms with Crippen LogP contribution in [0.15, 0.2) is 12.3 Å². The normalized spacial score (nSPS) is 10.2. The lowest BCUT2D eigenvalue weighted by Crippen LogP contribution is -2.25. The van der Waals surface area contributed by atoms with Crippen molar-refractivity contribution in [2.24, 2.45) is 0 Å². The van der Waals surface area contributed by atoms with Gasteiger partial charge >= 0.3 is 0 Å². The van der Waals surface area contributed by atoms with Gasteiger partial charge in [0.05, 0.1) is 10.7 Å². The number of hydrogen-bond donors (Lipinski definition) is 1. The lowest BCUT2D eigenvalue weighted by Gasteiger charge is -2.22. The maximum Gasteiger partial charge on any atom is 0.151 e. The fourth-order valence-corrected chi connectivity index (χ4v) is 1.56. The van der Waals surface area contributed by atoms with E-state index >= 15 is 0 Å². The summed E-state index contributed by atoms with van der Waals surface area (Å²) in [4.78, 5) is 6.38. The number of nitrogen functional groups attached to an aromatic ring is 1. The van der Waals surface area contributed by atoms with Crippen molar-refractivity contribution in [2.45, 2.75) is 20.3 Å². The largest absolute Gasteiger partial charge is 0.396 e. The molecule has 1 aromatic rings. The van der Waals surface area contributed by atoms with E-state index in [1.54, 1.807) is 12.3 Å². The zero-order valence-electron chi connectivity index (χ0n) is 8.63. The summed E-state index contributed by atoms with van der Waals surface area (Å²) in [6.07, 6.45) is 2.71. The third-order valence-electron chi connectivity index (χ3n) is 2.04. The van der Waals surface area contributed by atoms with Gasteiger partial charge in [-0.05, 0) is 19.4 Å². The highest BCUT2D eigenvalue weighted by Crippen LogP contribution is 2.23. The molecule has 1 heterocycles. The first-order chi connectivity index (χ1) is 6.69. The van der Waals surface area contributed by atoms with Crippen LogP contribution in [-0.2, 0) is 0 Å². The molecule has 78 valence electrons. The molecule has 0 fully saturated rings. The van der Waals surface area contributed by atoms with E-state index in [1.165, 1.54) is 0 Å². The lowest BCUT2D eigenvalue weighted by atomic mass is 10.3. The van der Waals surface area contributed by atoms with Crippen LogP contribution in [0, 0.1) is 0 Å². The van der Waals surface area contributed by atoms with E-state index in [9.17, 15) is 0 Å². The quantitative estimate of drug-likeness (QED) is 0.836. The first kappa shape index (κ1) is 11.1. The van der Waals surface area contributed by atoms with Gasteiger partial charge < -0.3 is 10.6 Å². The van der Waals surface area contributed by atoms with Crippen LogP contribution in [0.4, 0.5) is 11.5 Å². The molecule has 0 unspecified atom stereocenters. The zero-order valence-corrected chi connectivity index (χ0v) is 9.38. The van der Waals surface area contributed by atoms with Gasteiger partial charge in [-0.3, -0.25) is 0 Å². The molecule has 0 saturated carbocycles. The molecule has 1 rings (SSSR count). The summed E-state index contributed by atoms with van der Waals surface area (Å²) >= 11 is 5.78. The van der Waals surface area contributed by atoms with Crippen LogP contribution < -0.4 is 10.6 Å². The summed E-state index contributed by atoms with van der Waals surface area (Å²) in [7, 11) is 0. The molecule has 3 nitrogen and oxygen atoms in total. The first-order valence-electron chi connectivity index (χ1n) is 4.85. The standard InChI is InChI=1S/C10H16ClN3/c1-3-5-14(4-2)10-9(12)6-8(11)7-13-10/h6-7H,3-5,12H2,1-2H3. The molecule has 14 heavy (non-hydrogen) atoms. The van der Waals surface area contributed by atoms with Crippen LogP contribution in [0.5, 0.6) is 0 Å². The van der Waals surface area contributed by atoms with E-state index in [1.807, 2.05) is 0 Å². The molecular weight excluding hydrogens is 198 g/mol. The molecule has 0 aliphatic carbocycles. The van der Waals surface area contributed by atoms with Crippen LogP contribution in [0.2, 0.25) is 5.02 Å². The number of aromatic nitrogens is 1. The monoisotopic (exact) mass is 213 g/mol. The van der Waals surface area contributed by atoms with E-state index in [0.717, 1.165) is 25.3 Å². The number of pyridine rings is 1. The topological polar surface area (TPSA) is 42.2 Å². The minimum atomic E-state index is 0.582. The minimum absolute atomic E-state index is 0.582. The highest BCUT2D eigenvalue weighted by molar-refractivity contribution is 6.30. The van der Waals surface area contributed by atoms with E-state index < -0.39 is 0 Å². The number of anilines is 2. The average molecular weight is 214 g/mol. The van der Waals surface area contributed by atoms with E-state index in [0.29, 0.717) is 10.7 Å². The third-order valence-corrected chi connectivity index (χ3v) is 2.24. The number of halogens is 1. The fraction of sp³-hybridized carbons (Fsp3) is 0.500. The second-order valence-electron chi connectivity index (χ2n) is 3.15. The van der Waals surface area contributed by atoms with Gasteiger partial charge in [0, 0.05) is 19.3 Å². The van der Waals surface area contributed by atoms with E-state index in [4.69, 9.17) is 17.3 Å². The molecule has 1 aromatic heterocycles. The number of nitrogens with two attached hydrogens (primary N) is 1. The average Bonchev–Trinajstić information content (AvgIpc) is 2.15. The van der Waals surface area contributed by atoms with Crippen molar-refractivity contribution >= 4 is 23.1 Å². The van der Waals surface area contributed by atoms with Crippen molar-refractivity contribution in [2.75, 3.05) is 23.7 Å². The van der Waals surface area contributed by atoms with Gasteiger partial charge in [0.15, 0.2) is 5.82 Å². The smallest absolute Gasteiger partial charge is 0.151 e. The summed E-state index contributed by atoms with van der Waals surface area (Å²) in [6, 6.07) is 1.74. The Morgan fingerprint density at radius 1 is 1.50 bits per heavy atom. The Morgan fingerprint density at radius 2 is 2.21 bits per heavy atom. The maximum absolute atomic E-state index is 5.84. The van der Waals surface area contributed by atoms with Crippen molar-refractivity contribution in [1.82, 2.24) is 4.98 Å². The summed E-state index contributed by atoms with van der Waals surface area (Å²) in [5.41, 5.74) is 6.49. The predicted molar refractivity (Wildman–Crippen MR) is 61.8 cm³/mol. The SMILES string of the molecule is CCCN(CC)c1ncc(Cl)cc1N. The van der Waals surface area contributed by atoms with Gasteiger partial charge in [-0.2, -0.15) is 0 Å². The molecule has 0 atom stereocenters. The number of rotatable bonds is 4. The second-order valence-corrected chi connectivity index (χ2v) is 3.58. The number of hydrogen-bond acceptors (Lipinski definition) is 3. The van der Waals surface area contributed by atoms with Crippen molar-refractivity contribution in [1.29, 1.82) is 0 Å². The minimum Gasteiger partial charge on any atom is -0.396 e. The Balaban J connectivity index is 2.92. The van der Waals surface area contributed by atoms with Crippen molar-refractivity contribution in [3.63, 3.8) is 0 Å². The Morgan fingerprint density at radius 3 is 2.71 bits per heavy atom. The molecule has 0 amide bonds. The second kappa shape index (κ2) is 5.05. The Kier molecular flexibility index (Phi) is 4.01. The lowest BCUT2D eigenvalue weighted by molar-refractivity contribution is 0.780.